The van der Waals surface area contributed by atoms with E-state index in [9.17, 15) is 0 Å². The lowest BCUT2D eigenvalue weighted by atomic mass is 9.74. The summed E-state index contributed by atoms with van der Waals surface area (Å²) in [6, 6.07) is 0.135. The molecule has 1 saturated carbocycles. The van der Waals surface area contributed by atoms with Crippen molar-refractivity contribution in [3.8, 4) is 0 Å². The lowest BCUT2D eigenvalue weighted by Crippen LogP contribution is -2.57. The molecule has 0 aliphatic heterocycles. The van der Waals surface area contributed by atoms with E-state index in [4.69, 9.17) is 10.6 Å². The number of hydrazine groups is 1. The number of rotatable bonds is 6. The Hall–Kier alpha value is -0.490. The van der Waals surface area contributed by atoms with Gasteiger partial charge in [0.15, 0.2) is 0 Å². The number of thiazole rings is 1. The molecule has 1 aliphatic carbocycles. The Balaban J connectivity index is 2.15. The quantitative estimate of drug-likeness (QED) is 0.626. The van der Waals surface area contributed by atoms with Crippen LogP contribution in [0.2, 0.25) is 0 Å². The minimum Gasteiger partial charge on any atom is -0.374 e. The summed E-state index contributed by atoms with van der Waals surface area (Å²) >= 11 is 1.71. The SMILES string of the molecule is CCOC1(C(Cc2nc(C)cs2)NN)CCCC(C)C1. The molecule has 1 fully saturated rings. The molecule has 1 aliphatic rings. The first-order chi connectivity index (χ1) is 9.59. The van der Waals surface area contributed by atoms with E-state index in [1.165, 1.54) is 12.8 Å². The van der Waals surface area contributed by atoms with Crippen LogP contribution in [-0.4, -0.2) is 23.2 Å². The second-order valence-corrected chi connectivity index (χ2v) is 6.95. The minimum atomic E-state index is -0.138. The molecular weight excluding hydrogens is 270 g/mol. The third-order valence-corrected chi connectivity index (χ3v) is 5.29. The van der Waals surface area contributed by atoms with Crippen molar-refractivity contribution in [2.75, 3.05) is 6.61 Å². The summed E-state index contributed by atoms with van der Waals surface area (Å²) in [6.45, 7) is 7.16. The van der Waals surface area contributed by atoms with Crippen LogP contribution in [0.5, 0.6) is 0 Å². The van der Waals surface area contributed by atoms with Gasteiger partial charge in [0.2, 0.25) is 0 Å². The van der Waals surface area contributed by atoms with E-state index in [2.05, 4.69) is 29.6 Å². The molecule has 4 nitrogen and oxygen atoms in total. The molecule has 1 aromatic rings. The first-order valence-corrected chi connectivity index (χ1v) is 8.48. The zero-order valence-corrected chi connectivity index (χ0v) is 13.6. The van der Waals surface area contributed by atoms with Crippen LogP contribution in [0, 0.1) is 12.8 Å². The first-order valence-electron chi connectivity index (χ1n) is 7.60. The van der Waals surface area contributed by atoms with Gasteiger partial charge in [-0.1, -0.05) is 19.8 Å². The molecule has 3 unspecified atom stereocenters. The summed E-state index contributed by atoms with van der Waals surface area (Å²) < 4.78 is 6.21. The molecule has 3 atom stereocenters. The number of nitrogens with one attached hydrogen (secondary N) is 1. The second-order valence-electron chi connectivity index (χ2n) is 6.01. The summed E-state index contributed by atoms with van der Waals surface area (Å²) in [5.74, 6) is 6.56. The summed E-state index contributed by atoms with van der Waals surface area (Å²) in [5, 5.41) is 3.24. The number of hydrogen-bond donors (Lipinski definition) is 2. The van der Waals surface area contributed by atoms with Crippen molar-refractivity contribution in [2.45, 2.75) is 64.5 Å². The zero-order valence-electron chi connectivity index (χ0n) is 12.8. The van der Waals surface area contributed by atoms with E-state index in [1.54, 1.807) is 11.3 Å². The smallest absolute Gasteiger partial charge is 0.0945 e. The van der Waals surface area contributed by atoms with E-state index in [1.807, 2.05) is 6.92 Å². The first kappa shape index (κ1) is 15.9. The highest BCUT2D eigenvalue weighted by atomic mass is 32.1. The summed E-state index contributed by atoms with van der Waals surface area (Å²) in [6.07, 6.45) is 5.53. The van der Waals surface area contributed by atoms with Crippen molar-refractivity contribution in [3.05, 3.63) is 16.1 Å². The zero-order chi connectivity index (χ0) is 14.6. The van der Waals surface area contributed by atoms with Gasteiger partial charge < -0.3 is 4.74 Å². The Morgan fingerprint density at radius 3 is 3.00 bits per heavy atom. The van der Waals surface area contributed by atoms with E-state index < -0.39 is 0 Å². The topological polar surface area (TPSA) is 60.2 Å². The predicted molar refractivity (Wildman–Crippen MR) is 83.7 cm³/mol. The predicted octanol–water partition coefficient (Wildman–Crippen LogP) is 2.81. The molecule has 0 aromatic carbocycles. The van der Waals surface area contributed by atoms with Gasteiger partial charge in [-0.3, -0.25) is 11.3 Å². The standard InChI is InChI=1S/C15H27N3OS/c1-4-19-15(7-5-6-11(2)9-15)13(18-16)8-14-17-12(3)10-20-14/h10-11,13,18H,4-9,16H2,1-3H3. The summed E-state index contributed by atoms with van der Waals surface area (Å²) in [4.78, 5) is 4.57. The van der Waals surface area contributed by atoms with Crippen LogP contribution in [0.4, 0.5) is 0 Å². The number of ether oxygens (including phenoxy) is 1. The van der Waals surface area contributed by atoms with Crippen molar-refractivity contribution in [2.24, 2.45) is 11.8 Å². The van der Waals surface area contributed by atoms with E-state index in [0.29, 0.717) is 5.92 Å². The van der Waals surface area contributed by atoms with Crippen LogP contribution in [0.1, 0.15) is 50.2 Å². The molecule has 0 spiro atoms. The maximum atomic E-state index is 6.21. The van der Waals surface area contributed by atoms with Gasteiger partial charge in [0.25, 0.3) is 0 Å². The third-order valence-electron chi connectivity index (χ3n) is 4.30. The molecule has 0 bridgehead atoms. The average molecular weight is 297 g/mol. The molecule has 1 aromatic heterocycles. The number of nitrogens with zero attached hydrogens (tertiary/aromatic N) is 1. The van der Waals surface area contributed by atoms with Crippen LogP contribution in [0.3, 0.4) is 0 Å². The number of aryl methyl sites for hydroxylation is 1. The minimum absolute atomic E-state index is 0.135. The fourth-order valence-corrected chi connectivity index (χ4v) is 4.27. The van der Waals surface area contributed by atoms with Crippen molar-refractivity contribution in [1.29, 1.82) is 0 Å². The molecule has 0 saturated heterocycles. The van der Waals surface area contributed by atoms with Crippen LogP contribution >= 0.6 is 11.3 Å². The summed E-state index contributed by atoms with van der Waals surface area (Å²) in [5.41, 5.74) is 3.97. The Bertz CT molecular complexity index is 419. The van der Waals surface area contributed by atoms with Crippen LogP contribution < -0.4 is 11.3 Å². The Morgan fingerprint density at radius 2 is 2.45 bits per heavy atom. The van der Waals surface area contributed by atoms with Gasteiger partial charge in [0, 0.05) is 24.1 Å². The molecular formula is C15H27N3OS. The highest BCUT2D eigenvalue weighted by Crippen LogP contribution is 2.38. The molecule has 3 N–H and O–H groups in total. The lowest BCUT2D eigenvalue weighted by molar-refractivity contribution is -0.100. The van der Waals surface area contributed by atoms with Gasteiger partial charge in [-0.2, -0.15) is 0 Å². The number of aromatic nitrogens is 1. The van der Waals surface area contributed by atoms with Crippen molar-refractivity contribution in [3.63, 3.8) is 0 Å². The fourth-order valence-electron chi connectivity index (χ4n) is 3.45. The lowest BCUT2D eigenvalue weighted by Gasteiger charge is -2.45. The van der Waals surface area contributed by atoms with Gasteiger partial charge in [0.1, 0.15) is 0 Å². The van der Waals surface area contributed by atoms with Crippen molar-refractivity contribution in [1.82, 2.24) is 10.4 Å². The van der Waals surface area contributed by atoms with Crippen LogP contribution in [0.15, 0.2) is 5.38 Å². The summed E-state index contributed by atoms with van der Waals surface area (Å²) in [7, 11) is 0. The highest BCUT2D eigenvalue weighted by molar-refractivity contribution is 7.09. The fraction of sp³-hybridized carbons (Fsp3) is 0.800. The monoisotopic (exact) mass is 297 g/mol. The van der Waals surface area contributed by atoms with Gasteiger partial charge in [-0.25, -0.2) is 4.98 Å². The van der Waals surface area contributed by atoms with Crippen LogP contribution in [-0.2, 0) is 11.2 Å². The number of nitrogens with two attached hydrogens (primary N) is 1. The van der Waals surface area contributed by atoms with Crippen molar-refractivity contribution < 1.29 is 4.74 Å². The Kier molecular flexibility index (Phi) is 5.55. The second kappa shape index (κ2) is 6.98. The molecule has 1 heterocycles. The Labute approximate surface area is 126 Å². The molecule has 114 valence electrons. The van der Waals surface area contributed by atoms with E-state index in [-0.39, 0.29) is 11.6 Å². The average Bonchev–Trinajstić information content (AvgIpc) is 2.82. The van der Waals surface area contributed by atoms with Gasteiger partial charge in [-0.15, -0.1) is 11.3 Å². The highest BCUT2D eigenvalue weighted by Gasteiger charge is 2.42. The molecule has 20 heavy (non-hydrogen) atoms. The normalized spacial score (nSPS) is 28.5. The van der Waals surface area contributed by atoms with Gasteiger partial charge >= 0.3 is 0 Å². The largest absolute Gasteiger partial charge is 0.374 e. The van der Waals surface area contributed by atoms with Crippen LogP contribution in [0.25, 0.3) is 0 Å². The molecule has 0 amide bonds. The van der Waals surface area contributed by atoms with E-state index >= 15 is 0 Å². The van der Waals surface area contributed by atoms with Crippen molar-refractivity contribution >= 4 is 11.3 Å². The molecule has 0 radical (unpaired) electrons. The molecule has 5 heteroatoms. The van der Waals surface area contributed by atoms with Gasteiger partial charge in [0.05, 0.1) is 16.7 Å². The maximum absolute atomic E-state index is 6.21. The molecule has 2 rings (SSSR count). The van der Waals surface area contributed by atoms with E-state index in [0.717, 1.165) is 36.6 Å². The Morgan fingerprint density at radius 1 is 1.65 bits per heavy atom. The number of hydrogen-bond acceptors (Lipinski definition) is 5. The van der Waals surface area contributed by atoms with Gasteiger partial charge in [-0.05, 0) is 32.6 Å². The third kappa shape index (κ3) is 3.58. The maximum Gasteiger partial charge on any atom is 0.0945 e.